The Balaban J connectivity index is 0. The molecule has 0 N–H and O–H groups in total. The third-order valence-corrected chi connectivity index (χ3v) is 7.65. The van der Waals surface area contributed by atoms with Crippen LogP contribution in [0.2, 0.25) is 0 Å². The van der Waals surface area contributed by atoms with E-state index in [4.69, 9.17) is 15.0 Å². The van der Waals surface area contributed by atoms with Gasteiger partial charge in [-0.1, -0.05) is 113 Å². The van der Waals surface area contributed by atoms with Crippen molar-refractivity contribution in [3.8, 4) is 0 Å². The third-order valence-electron chi connectivity index (χ3n) is 7.65. The predicted octanol–water partition coefficient (Wildman–Crippen LogP) is 2.34. The minimum atomic E-state index is 0. The molecule has 1 aromatic heterocycles. The number of hydrogen-bond donors (Lipinski definition) is 0. The monoisotopic (exact) mass is 784 g/mol. The van der Waals surface area contributed by atoms with Crippen molar-refractivity contribution in [3.05, 3.63) is 87.2 Å². The molecule has 0 aliphatic carbocycles. The van der Waals surface area contributed by atoms with Crippen LogP contribution in [0, 0.1) is 40.8 Å². The van der Waals surface area contributed by atoms with Gasteiger partial charge in [0.2, 0.25) is 0 Å². The Bertz CT molecular complexity index is 1220. The Morgan fingerprint density at radius 3 is 0.977 bits per heavy atom. The maximum atomic E-state index is 5.05. The SMILES string of the molecule is CC(C)c1cc(C(C)C)c(N=Cc2cccc(C=Nc3c(C(C)C)cc(C(C)C)cc3C(C)C)n2)c(C(C)C)c1.[Cl-].[Cl-].[Cl-].[Nd+3]. The van der Waals surface area contributed by atoms with Crippen LogP contribution >= 0.6 is 0 Å². The molecule has 0 aliphatic rings. The van der Waals surface area contributed by atoms with E-state index in [2.05, 4.69) is 107 Å². The maximum Gasteiger partial charge on any atom is 3.00 e. The molecule has 0 spiro atoms. The van der Waals surface area contributed by atoms with Crippen LogP contribution in [0.25, 0.3) is 0 Å². The Labute approximate surface area is 319 Å². The molecule has 0 saturated heterocycles. The minimum Gasteiger partial charge on any atom is -1.00 e. The quantitative estimate of drug-likeness (QED) is 0.291. The van der Waals surface area contributed by atoms with Gasteiger partial charge >= 0.3 is 40.8 Å². The van der Waals surface area contributed by atoms with Crippen LogP contribution < -0.4 is 37.2 Å². The molecule has 0 amide bonds. The summed E-state index contributed by atoms with van der Waals surface area (Å²) in [6, 6.07) is 15.4. The second-order valence-electron chi connectivity index (χ2n) is 13.0. The molecule has 0 fully saturated rings. The molecule has 3 rings (SSSR count). The van der Waals surface area contributed by atoms with Gasteiger partial charge in [-0.15, -0.1) is 0 Å². The van der Waals surface area contributed by atoms with Gasteiger partial charge in [0, 0.05) is 0 Å². The van der Waals surface area contributed by atoms with E-state index in [0.717, 1.165) is 22.8 Å². The van der Waals surface area contributed by atoms with Crippen molar-refractivity contribution in [2.24, 2.45) is 9.98 Å². The van der Waals surface area contributed by atoms with Crippen LogP contribution in [0.5, 0.6) is 0 Å². The van der Waals surface area contributed by atoms with Crippen molar-refractivity contribution in [2.75, 3.05) is 0 Å². The summed E-state index contributed by atoms with van der Waals surface area (Å²) >= 11 is 0. The molecular weight excluding hydrogens is 737 g/mol. The summed E-state index contributed by atoms with van der Waals surface area (Å²) in [5.74, 6) is 2.54. The van der Waals surface area contributed by atoms with Gasteiger partial charge in [-0.25, -0.2) is 4.98 Å². The van der Waals surface area contributed by atoms with Crippen LogP contribution in [0.1, 0.15) is 163 Å². The van der Waals surface area contributed by atoms with Gasteiger partial charge in [0.15, 0.2) is 0 Å². The van der Waals surface area contributed by atoms with Gasteiger partial charge in [-0.3, -0.25) is 9.98 Å². The van der Waals surface area contributed by atoms with Gasteiger partial charge in [0.25, 0.3) is 0 Å². The molecule has 0 atom stereocenters. The number of halogens is 3. The standard InChI is InChI=1S/C37H51N3.3ClH.Nd/c1-22(2)28-16-32(24(5)6)36(33(17-28)25(7)8)38-20-30-14-13-15-31(40-30)21-39-37-34(26(9)10)18-29(23(3)4)19-35(37)27(11)12;;;;/h13-27H,1-12H3;3*1H;/q;;;;+3/p-3. The zero-order valence-electron chi connectivity index (χ0n) is 28.6. The fourth-order valence-electron chi connectivity index (χ4n) is 5.01. The summed E-state index contributed by atoms with van der Waals surface area (Å²) in [6.45, 7) is 27.1. The molecule has 44 heavy (non-hydrogen) atoms. The fraction of sp³-hybridized carbons (Fsp3) is 0.486. The summed E-state index contributed by atoms with van der Waals surface area (Å²) in [5, 5.41) is 0. The molecule has 0 saturated carbocycles. The summed E-state index contributed by atoms with van der Waals surface area (Å²) < 4.78 is 0. The van der Waals surface area contributed by atoms with Gasteiger partial charge in [-0.05, 0) is 81.0 Å². The van der Waals surface area contributed by atoms with Crippen LogP contribution in [-0.4, -0.2) is 17.4 Å². The first-order valence-corrected chi connectivity index (χ1v) is 15.2. The van der Waals surface area contributed by atoms with Crippen molar-refractivity contribution < 1.29 is 78.1 Å². The summed E-state index contributed by atoms with van der Waals surface area (Å²) in [6.07, 6.45) is 3.83. The normalized spacial score (nSPS) is 11.5. The molecule has 3 aromatic rings. The molecule has 7 heteroatoms. The molecule has 2 aromatic carbocycles. The molecule has 239 valence electrons. The molecular formula is C37H51Cl3N3Nd. The zero-order valence-corrected chi connectivity index (χ0v) is 34.1. The van der Waals surface area contributed by atoms with E-state index in [1.54, 1.807) is 0 Å². The Kier molecular flexibility index (Phi) is 21.0. The van der Waals surface area contributed by atoms with Crippen molar-refractivity contribution in [1.82, 2.24) is 4.98 Å². The Morgan fingerprint density at radius 1 is 0.477 bits per heavy atom. The Hall–Kier alpha value is -0.849. The van der Waals surface area contributed by atoms with E-state index in [0.29, 0.717) is 35.5 Å². The molecule has 1 heterocycles. The summed E-state index contributed by atoms with van der Waals surface area (Å²) in [5.41, 5.74) is 11.8. The Morgan fingerprint density at radius 2 is 0.750 bits per heavy atom. The van der Waals surface area contributed by atoms with Gasteiger partial charge < -0.3 is 37.2 Å². The number of benzene rings is 2. The molecule has 0 unspecified atom stereocenters. The van der Waals surface area contributed by atoms with Crippen molar-refractivity contribution in [1.29, 1.82) is 0 Å². The van der Waals surface area contributed by atoms with Crippen molar-refractivity contribution in [2.45, 2.75) is 119 Å². The van der Waals surface area contributed by atoms with E-state index in [-0.39, 0.29) is 78.1 Å². The molecule has 1 radical (unpaired) electrons. The summed E-state index contributed by atoms with van der Waals surface area (Å²) in [4.78, 5) is 15.0. The number of aromatic nitrogens is 1. The first-order valence-electron chi connectivity index (χ1n) is 15.2. The maximum absolute atomic E-state index is 5.05. The summed E-state index contributed by atoms with van der Waals surface area (Å²) in [7, 11) is 0. The van der Waals surface area contributed by atoms with E-state index >= 15 is 0 Å². The molecule has 0 aliphatic heterocycles. The average Bonchev–Trinajstić information content (AvgIpc) is 2.89. The second-order valence-corrected chi connectivity index (χ2v) is 13.0. The zero-order chi connectivity index (χ0) is 29.7. The first kappa shape index (κ1) is 45.3. The fourth-order valence-corrected chi connectivity index (χ4v) is 5.01. The van der Waals surface area contributed by atoms with Crippen molar-refractivity contribution in [3.63, 3.8) is 0 Å². The van der Waals surface area contributed by atoms with E-state index in [1.165, 1.54) is 33.4 Å². The smallest absolute Gasteiger partial charge is 1.00 e. The molecule has 3 nitrogen and oxygen atoms in total. The van der Waals surface area contributed by atoms with E-state index in [1.807, 2.05) is 30.6 Å². The molecule has 0 bridgehead atoms. The second kappa shape index (κ2) is 20.4. The van der Waals surface area contributed by atoms with E-state index in [9.17, 15) is 0 Å². The van der Waals surface area contributed by atoms with Crippen LogP contribution in [0.3, 0.4) is 0 Å². The van der Waals surface area contributed by atoms with Crippen LogP contribution in [-0.2, 0) is 0 Å². The number of hydrogen-bond acceptors (Lipinski definition) is 3. The largest absolute Gasteiger partial charge is 3.00 e. The van der Waals surface area contributed by atoms with Crippen LogP contribution in [0.15, 0.2) is 52.4 Å². The van der Waals surface area contributed by atoms with Gasteiger partial charge in [0.05, 0.1) is 35.2 Å². The number of pyridine rings is 1. The third kappa shape index (κ3) is 11.7. The minimum absolute atomic E-state index is 0. The first-order chi connectivity index (χ1) is 18.8. The predicted molar refractivity (Wildman–Crippen MR) is 176 cm³/mol. The number of nitrogens with zero attached hydrogens (tertiary/aromatic N) is 3. The number of aliphatic imine (C=N–C) groups is 2. The van der Waals surface area contributed by atoms with E-state index < -0.39 is 0 Å². The van der Waals surface area contributed by atoms with Crippen LogP contribution in [0.4, 0.5) is 11.4 Å². The van der Waals surface area contributed by atoms with Crippen molar-refractivity contribution >= 4 is 23.8 Å². The topological polar surface area (TPSA) is 37.6 Å². The average molecular weight is 788 g/mol. The van der Waals surface area contributed by atoms with Gasteiger partial charge in [-0.2, -0.15) is 0 Å². The van der Waals surface area contributed by atoms with Gasteiger partial charge in [0.1, 0.15) is 0 Å². The number of rotatable bonds is 10.